The van der Waals surface area contributed by atoms with Crippen LogP contribution in [-0.2, 0) is 0 Å². The number of aliphatic hydroxyl groups excluding tert-OH is 1. The molecular weight excluding hydrogens is 121 g/mol. The number of allylic oxidation sites excluding steroid dienone is 2. The van der Waals surface area contributed by atoms with Gasteiger partial charge in [0.1, 0.15) is 0 Å². The van der Waals surface area contributed by atoms with Crippen molar-refractivity contribution < 1.29 is 18.3 Å². The molecule has 0 aromatic rings. The van der Waals surface area contributed by atoms with Gasteiger partial charge in [-0.15, -0.1) is 0 Å². The monoisotopic (exact) mass is 126 g/mol. The lowest BCUT2D eigenvalue weighted by Crippen LogP contribution is -2.10. The van der Waals surface area contributed by atoms with E-state index in [1.807, 2.05) is 0 Å². The molecule has 0 atom stereocenters. The molecule has 0 saturated carbocycles. The Morgan fingerprint density at radius 1 is 1.50 bits per heavy atom. The molecule has 0 heterocycles. The number of aliphatic hydroxyl groups is 1. The Bertz CT molecular complexity index is 102. The van der Waals surface area contributed by atoms with E-state index in [1.54, 1.807) is 0 Å². The third-order valence-electron chi connectivity index (χ3n) is 0.564. The number of halogens is 3. The molecule has 0 fully saturated rings. The molecule has 0 saturated heterocycles. The number of hydrogen-bond donors (Lipinski definition) is 1. The molecule has 48 valence electrons. The Labute approximate surface area is 44.4 Å². The average Bonchev–Trinajstić information content (AvgIpc) is 1.62. The van der Waals surface area contributed by atoms with Crippen molar-refractivity contribution >= 4 is 0 Å². The Morgan fingerprint density at radius 3 is 1.88 bits per heavy atom. The molecule has 1 nitrogen and oxygen atoms in total. The minimum absolute atomic E-state index is 0.597. The van der Waals surface area contributed by atoms with Gasteiger partial charge in [0.05, 0.1) is 0 Å². The maximum atomic E-state index is 11.1. The molecule has 8 heavy (non-hydrogen) atoms. The van der Waals surface area contributed by atoms with Crippen molar-refractivity contribution in [2.75, 3.05) is 0 Å². The van der Waals surface area contributed by atoms with Gasteiger partial charge in [0, 0.05) is 0 Å². The van der Waals surface area contributed by atoms with Crippen molar-refractivity contribution in [1.29, 1.82) is 0 Å². The second kappa shape index (κ2) is 2.07. The van der Waals surface area contributed by atoms with Crippen LogP contribution >= 0.6 is 0 Å². The van der Waals surface area contributed by atoms with Gasteiger partial charge in [-0.25, -0.2) is 0 Å². The van der Waals surface area contributed by atoms with Gasteiger partial charge in [0.25, 0.3) is 0 Å². The molecule has 0 radical (unpaired) electrons. The molecule has 0 aromatic carbocycles. The van der Waals surface area contributed by atoms with E-state index in [1.165, 1.54) is 0 Å². The standard InChI is InChI=1S/C4H5F3O/c1-2-3(8)4(5,6)7/h2,8H,1H3. The largest absolute Gasteiger partial charge is 0.504 e. The third kappa shape index (κ3) is 1.86. The highest BCUT2D eigenvalue weighted by Gasteiger charge is 2.32. The van der Waals surface area contributed by atoms with E-state index in [9.17, 15) is 13.2 Å². The van der Waals surface area contributed by atoms with Crippen molar-refractivity contribution in [3.8, 4) is 0 Å². The van der Waals surface area contributed by atoms with E-state index in [0.29, 0.717) is 6.08 Å². The first-order valence-electron chi connectivity index (χ1n) is 1.91. The molecule has 0 spiro atoms. The van der Waals surface area contributed by atoms with Crippen molar-refractivity contribution in [1.82, 2.24) is 0 Å². The predicted molar refractivity (Wildman–Crippen MR) is 22.4 cm³/mol. The zero-order valence-electron chi connectivity index (χ0n) is 4.16. The predicted octanol–water partition coefficient (Wildman–Crippen LogP) is 2.01. The highest BCUT2D eigenvalue weighted by molar-refractivity contribution is 4.95. The molecular formula is C4H5F3O. The summed E-state index contributed by atoms with van der Waals surface area (Å²) in [5.74, 6) is -1.54. The van der Waals surface area contributed by atoms with Crippen LogP contribution in [0.3, 0.4) is 0 Å². The van der Waals surface area contributed by atoms with Gasteiger partial charge in [-0.1, -0.05) is 0 Å². The first-order chi connectivity index (χ1) is 3.48. The van der Waals surface area contributed by atoms with E-state index in [-0.39, 0.29) is 0 Å². The summed E-state index contributed by atoms with van der Waals surface area (Å²) in [4.78, 5) is 0. The minimum atomic E-state index is -4.57. The molecule has 0 bridgehead atoms. The number of rotatable bonds is 0. The molecule has 0 rings (SSSR count). The van der Waals surface area contributed by atoms with Crippen molar-refractivity contribution in [3.05, 3.63) is 11.8 Å². The summed E-state index contributed by atoms with van der Waals surface area (Å²) in [6, 6.07) is 0. The summed E-state index contributed by atoms with van der Waals surface area (Å²) in [6.07, 6.45) is -3.98. The van der Waals surface area contributed by atoms with Crippen LogP contribution in [0.1, 0.15) is 6.92 Å². The average molecular weight is 126 g/mol. The summed E-state index contributed by atoms with van der Waals surface area (Å²) < 4.78 is 33.4. The molecule has 4 heteroatoms. The second-order valence-corrected chi connectivity index (χ2v) is 1.17. The molecule has 0 aliphatic rings. The summed E-state index contributed by atoms with van der Waals surface area (Å²) in [5.41, 5.74) is 0. The fraction of sp³-hybridized carbons (Fsp3) is 0.500. The summed E-state index contributed by atoms with van der Waals surface area (Å²) >= 11 is 0. The molecule has 0 aliphatic carbocycles. The first kappa shape index (κ1) is 7.33. The van der Waals surface area contributed by atoms with Crippen LogP contribution in [-0.4, -0.2) is 11.3 Å². The number of hydrogen-bond acceptors (Lipinski definition) is 1. The molecule has 1 N–H and O–H groups in total. The van der Waals surface area contributed by atoms with Gasteiger partial charge in [0.15, 0.2) is 5.76 Å². The van der Waals surface area contributed by atoms with E-state index in [2.05, 4.69) is 0 Å². The third-order valence-corrected chi connectivity index (χ3v) is 0.564. The fourth-order valence-corrected chi connectivity index (χ4v) is 0.164. The summed E-state index contributed by atoms with van der Waals surface area (Å²) in [6.45, 7) is 1.11. The van der Waals surface area contributed by atoms with Crippen LogP contribution in [0.2, 0.25) is 0 Å². The van der Waals surface area contributed by atoms with E-state index in [4.69, 9.17) is 5.11 Å². The van der Waals surface area contributed by atoms with Crippen LogP contribution in [0, 0.1) is 0 Å². The van der Waals surface area contributed by atoms with Crippen LogP contribution in [0.15, 0.2) is 11.8 Å². The van der Waals surface area contributed by atoms with Crippen LogP contribution in [0.25, 0.3) is 0 Å². The van der Waals surface area contributed by atoms with Crippen molar-refractivity contribution in [2.45, 2.75) is 13.1 Å². The summed E-state index contributed by atoms with van der Waals surface area (Å²) in [5, 5.41) is 7.93. The van der Waals surface area contributed by atoms with Crippen molar-refractivity contribution in [3.63, 3.8) is 0 Å². The van der Waals surface area contributed by atoms with Gasteiger partial charge >= 0.3 is 6.18 Å². The Balaban J connectivity index is 4.03. The smallest absolute Gasteiger partial charge is 0.448 e. The topological polar surface area (TPSA) is 20.2 Å². The lowest BCUT2D eigenvalue weighted by molar-refractivity contribution is -0.120. The molecule has 0 aromatic heterocycles. The highest BCUT2D eigenvalue weighted by Crippen LogP contribution is 2.22. The summed E-state index contributed by atoms with van der Waals surface area (Å²) in [7, 11) is 0. The van der Waals surface area contributed by atoms with Crippen LogP contribution in [0.4, 0.5) is 13.2 Å². The molecule has 0 unspecified atom stereocenters. The Kier molecular flexibility index (Phi) is 1.89. The first-order valence-corrected chi connectivity index (χ1v) is 1.91. The van der Waals surface area contributed by atoms with Gasteiger partial charge in [-0.2, -0.15) is 13.2 Å². The second-order valence-electron chi connectivity index (χ2n) is 1.17. The SMILES string of the molecule is CC=C(O)C(F)(F)F. The molecule has 0 aliphatic heterocycles. The van der Waals surface area contributed by atoms with Gasteiger partial charge < -0.3 is 5.11 Å². The zero-order chi connectivity index (χ0) is 6.78. The minimum Gasteiger partial charge on any atom is -0.504 e. The maximum Gasteiger partial charge on any atom is 0.448 e. The Hall–Kier alpha value is -0.670. The Morgan fingerprint density at radius 2 is 1.88 bits per heavy atom. The van der Waals surface area contributed by atoms with E-state index < -0.39 is 11.9 Å². The van der Waals surface area contributed by atoms with E-state index in [0.717, 1.165) is 6.92 Å². The van der Waals surface area contributed by atoms with Crippen LogP contribution in [0.5, 0.6) is 0 Å². The number of alkyl halides is 3. The fourth-order valence-electron chi connectivity index (χ4n) is 0.164. The van der Waals surface area contributed by atoms with E-state index >= 15 is 0 Å². The zero-order valence-corrected chi connectivity index (χ0v) is 4.16. The molecule has 0 amide bonds. The van der Waals surface area contributed by atoms with Crippen LogP contribution < -0.4 is 0 Å². The lowest BCUT2D eigenvalue weighted by atomic mass is 10.5. The van der Waals surface area contributed by atoms with Gasteiger partial charge in [-0.3, -0.25) is 0 Å². The lowest BCUT2D eigenvalue weighted by Gasteiger charge is -2.01. The van der Waals surface area contributed by atoms with Gasteiger partial charge in [-0.05, 0) is 13.0 Å². The maximum absolute atomic E-state index is 11.1. The quantitative estimate of drug-likeness (QED) is 0.492. The van der Waals surface area contributed by atoms with Crippen molar-refractivity contribution in [2.24, 2.45) is 0 Å². The highest BCUT2D eigenvalue weighted by atomic mass is 19.4. The normalized spacial score (nSPS) is 14.2. The van der Waals surface area contributed by atoms with Gasteiger partial charge in [0.2, 0.25) is 0 Å².